The fourth-order valence-electron chi connectivity index (χ4n) is 2.57. The minimum Gasteiger partial charge on any atom is -0.364 e. The van der Waals surface area contributed by atoms with Gasteiger partial charge in [0, 0.05) is 32.4 Å². The second-order valence-electron chi connectivity index (χ2n) is 4.89. The van der Waals surface area contributed by atoms with Crippen molar-refractivity contribution >= 4 is 15.9 Å². The maximum absolute atomic E-state index is 12.7. The lowest BCUT2D eigenvalue weighted by Crippen LogP contribution is -2.41. The number of hydrogen-bond acceptors (Lipinski definition) is 4. The molecule has 2 rings (SSSR count). The van der Waals surface area contributed by atoms with Gasteiger partial charge in [0.1, 0.15) is 10.6 Å². The third-order valence-electron chi connectivity index (χ3n) is 3.59. The van der Waals surface area contributed by atoms with Crippen molar-refractivity contribution in [2.24, 2.45) is 12.8 Å². The molecule has 112 valence electrons. The normalized spacial score (nSPS) is 19.6. The summed E-state index contributed by atoms with van der Waals surface area (Å²) in [6.07, 6.45) is 2.23. The first-order valence-electron chi connectivity index (χ1n) is 6.56. The molecule has 0 aromatic carbocycles. The Labute approximate surface area is 118 Å². The van der Waals surface area contributed by atoms with Gasteiger partial charge in [-0.2, -0.15) is 4.31 Å². The monoisotopic (exact) mass is 300 g/mol. The molecular formula is C12H20N4O3S. The molecule has 0 radical (unpaired) electrons. The summed E-state index contributed by atoms with van der Waals surface area (Å²) in [4.78, 5) is 11.4. The lowest BCUT2D eigenvalue weighted by Gasteiger charge is -2.25. The Kier molecular flexibility index (Phi) is 4.17. The number of rotatable bonds is 5. The average molecular weight is 300 g/mol. The Morgan fingerprint density at radius 2 is 2.30 bits per heavy atom. The summed E-state index contributed by atoms with van der Waals surface area (Å²) in [7, 11) is -2.00. The molecule has 0 spiro atoms. The molecule has 1 fully saturated rings. The predicted molar refractivity (Wildman–Crippen MR) is 74.8 cm³/mol. The molecular weight excluding hydrogens is 280 g/mol. The minimum absolute atomic E-state index is 0.0396. The zero-order chi connectivity index (χ0) is 14.9. The first kappa shape index (κ1) is 15.0. The summed E-state index contributed by atoms with van der Waals surface area (Å²) in [6, 6.07) is 1.30. The molecule has 1 amide bonds. The van der Waals surface area contributed by atoms with E-state index in [9.17, 15) is 13.2 Å². The van der Waals surface area contributed by atoms with E-state index < -0.39 is 15.9 Å². The van der Waals surface area contributed by atoms with E-state index in [4.69, 9.17) is 5.73 Å². The van der Waals surface area contributed by atoms with Crippen molar-refractivity contribution in [2.45, 2.75) is 24.3 Å². The summed E-state index contributed by atoms with van der Waals surface area (Å²) in [6.45, 7) is 3.68. The van der Waals surface area contributed by atoms with E-state index in [0.717, 1.165) is 13.0 Å². The van der Waals surface area contributed by atoms with Crippen molar-refractivity contribution in [1.29, 1.82) is 0 Å². The molecule has 0 saturated carbocycles. The fraction of sp³-hybridized carbons (Fsp3) is 0.583. The summed E-state index contributed by atoms with van der Waals surface area (Å²) in [5.74, 6) is -0.639. The van der Waals surface area contributed by atoms with Crippen LogP contribution in [0, 0.1) is 0 Å². The number of primary amides is 1. The van der Waals surface area contributed by atoms with Crippen LogP contribution in [-0.4, -0.2) is 48.9 Å². The first-order chi connectivity index (χ1) is 9.37. The Bertz CT molecular complexity index is 602. The van der Waals surface area contributed by atoms with Crippen LogP contribution < -0.4 is 11.1 Å². The molecule has 3 N–H and O–H groups in total. The molecule has 1 aliphatic rings. The van der Waals surface area contributed by atoms with E-state index in [1.165, 1.54) is 21.1 Å². The molecule has 1 aliphatic heterocycles. The van der Waals surface area contributed by atoms with E-state index >= 15 is 0 Å². The molecule has 1 atom stereocenters. The molecule has 8 heteroatoms. The molecule has 1 saturated heterocycles. The van der Waals surface area contributed by atoms with Gasteiger partial charge in [0.25, 0.3) is 5.91 Å². The number of carbonyl (C=O) groups excluding carboxylic acids is 1. The Balaban J connectivity index is 2.37. The summed E-state index contributed by atoms with van der Waals surface area (Å²) < 4.78 is 28.3. The Morgan fingerprint density at radius 3 is 2.75 bits per heavy atom. The third-order valence-corrected chi connectivity index (χ3v) is 5.58. The molecule has 20 heavy (non-hydrogen) atoms. The first-order valence-corrected chi connectivity index (χ1v) is 8.00. The number of amides is 1. The van der Waals surface area contributed by atoms with Gasteiger partial charge in [-0.1, -0.05) is 6.92 Å². The zero-order valence-corrected chi connectivity index (χ0v) is 12.5. The lowest BCUT2D eigenvalue weighted by molar-refractivity contribution is 0.0992. The Hall–Kier alpha value is -1.38. The summed E-state index contributed by atoms with van der Waals surface area (Å²) in [5.41, 5.74) is 5.41. The lowest BCUT2D eigenvalue weighted by atomic mass is 10.3. The van der Waals surface area contributed by atoms with Crippen molar-refractivity contribution < 1.29 is 13.2 Å². The van der Waals surface area contributed by atoms with Gasteiger partial charge < -0.3 is 15.6 Å². The molecule has 7 nitrogen and oxygen atoms in total. The van der Waals surface area contributed by atoms with Crippen molar-refractivity contribution in [3.8, 4) is 0 Å². The van der Waals surface area contributed by atoms with Crippen molar-refractivity contribution in [2.75, 3.05) is 19.6 Å². The van der Waals surface area contributed by atoms with Gasteiger partial charge in [0.15, 0.2) is 0 Å². The number of hydrogen-bond donors (Lipinski definition) is 2. The SMILES string of the molecule is CCN(C1CCNC1)S(=O)(=O)c1cc(C(N)=O)n(C)c1. The quantitative estimate of drug-likeness (QED) is 0.766. The average Bonchev–Trinajstić information content (AvgIpc) is 2.99. The van der Waals surface area contributed by atoms with Crippen LogP contribution in [0.25, 0.3) is 0 Å². The highest BCUT2D eigenvalue weighted by Gasteiger charge is 2.33. The number of nitrogens with two attached hydrogens (primary N) is 1. The van der Waals surface area contributed by atoms with E-state index in [0.29, 0.717) is 13.1 Å². The molecule has 0 bridgehead atoms. The van der Waals surface area contributed by atoms with Crippen LogP contribution in [0.4, 0.5) is 0 Å². The standard InChI is InChI=1S/C12H20N4O3S/c1-3-16(9-4-5-14-7-9)20(18,19)10-6-11(12(13)17)15(2)8-10/h6,8-9,14H,3-5,7H2,1-2H3,(H2,13,17). The molecule has 1 aromatic rings. The van der Waals surface area contributed by atoms with Gasteiger partial charge in [-0.25, -0.2) is 8.42 Å². The highest BCUT2D eigenvalue weighted by atomic mass is 32.2. The van der Waals surface area contributed by atoms with Crippen molar-refractivity contribution in [3.63, 3.8) is 0 Å². The van der Waals surface area contributed by atoms with Gasteiger partial charge in [0.05, 0.1) is 0 Å². The fourth-order valence-corrected chi connectivity index (χ4v) is 4.30. The number of nitrogens with one attached hydrogen (secondary N) is 1. The van der Waals surface area contributed by atoms with E-state index in [1.54, 1.807) is 7.05 Å². The van der Waals surface area contributed by atoms with E-state index in [1.807, 2.05) is 6.92 Å². The number of nitrogens with zero attached hydrogens (tertiary/aromatic N) is 2. The number of aryl methyl sites for hydroxylation is 1. The van der Waals surface area contributed by atoms with Gasteiger partial charge >= 0.3 is 0 Å². The Morgan fingerprint density at radius 1 is 1.60 bits per heavy atom. The summed E-state index contributed by atoms with van der Waals surface area (Å²) in [5, 5.41) is 3.16. The minimum atomic E-state index is -3.61. The smallest absolute Gasteiger partial charge is 0.265 e. The topological polar surface area (TPSA) is 97.4 Å². The number of carbonyl (C=O) groups is 1. The van der Waals surface area contributed by atoms with Gasteiger partial charge in [-0.3, -0.25) is 4.79 Å². The van der Waals surface area contributed by atoms with Crippen LogP contribution in [-0.2, 0) is 17.1 Å². The van der Waals surface area contributed by atoms with Crippen LogP contribution >= 0.6 is 0 Å². The van der Waals surface area contributed by atoms with Crippen LogP contribution in [0.3, 0.4) is 0 Å². The third kappa shape index (κ3) is 2.58. The molecule has 1 aromatic heterocycles. The second-order valence-corrected chi connectivity index (χ2v) is 6.78. The second kappa shape index (κ2) is 5.55. The largest absolute Gasteiger partial charge is 0.364 e. The van der Waals surface area contributed by atoms with Crippen LogP contribution in [0.1, 0.15) is 23.8 Å². The molecule has 0 aliphatic carbocycles. The van der Waals surface area contributed by atoms with E-state index in [-0.39, 0.29) is 16.6 Å². The van der Waals surface area contributed by atoms with Gasteiger partial charge in [-0.15, -0.1) is 0 Å². The number of likely N-dealkylation sites (N-methyl/N-ethyl adjacent to an activating group) is 1. The van der Waals surface area contributed by atoms with Crippen LogP contribution in [0.2, 0.25) is 0 Å². The van der Waals surface area contributed by atoms with E-state index in [2.05, 4.69) is 5.32 Å². The zero-order valence-electron chi connectivity index (χ0n) is 11.7. The number of sulfonamides is 1. The molecule has 1 unspecified atom stereocenters. The summed E-state index contributed by atoms with van der Waals surface area (Å²) >= 11 is 0. The van der Waals surface area contributed by atoms with Gasteiger partial charge in [-0.05, 0) is 19.0 Å². The van der Waals surface area contributed by atoms with Crippen molar-refractivity contribution in [3.05, 3.63) is 18.0 Å². The van der Waals surface area contributed by atoms with Gasteiger partial charge in [0.2, 0.25) is 10.0 Å². The predicted octanol–water partition coefficient (Wildman–Crippen LogP) is -0.503. The van der Waals surface area contributed by atoms with Crippen LogP contribution in [0.15, 0.2) is 17.2 Å². The maximum atomic E-state index is 12.7. The highest BCUT2D eigenvalue weighted by molar-refractivity contribution is 7.89. The van der Waals surface area contributed by atoms with Crippen LogP contribution in [0.5, 0.6) is 0 Å². The molecule has 2 heterocycles. The highest BCUT2D eigenvalue weighted by Crippen LogP contribution is 2.22. The number of aromatic nitrogens is 1. The van der Waals surface area contributed by atoms with Crippen molar-refractivity contribution in [1.82, 2.24) is 14.2 Å². The maximum Gasteiger partial charge on any atom is 0.265 e.